The molecule has 8 heteroatoms. The fraction of sp³-hybridized carbons (Fsp3) is 0.0526. The number of carbonyl (C=O) groups is 1. The number of halogens is 2. The van der Waals surface area contributed by atoms with Gasteiger partial charge in [-0.1, -0.05) is 40.5 Å². The minimum atomic E-state index is -1.08. The van der Waals surface area contributed by atoms with Crippen LogP contribution < -0.4 is 0 Å². The number of hydrogen-bond donors (Lipinski definition) is 0. The topological polar surface area (TPSA) is 79.8 Å². The Morgan fingerprint density at radius 3 is 2.78 bits per heavy atom. The van der Waals surface area contributed by atoms with Crippen molar-refractivity contribution in [2.24, 2.45) is 0 Å². The molecule has 0 N–H and O–H groups in total. The maximum atomic E-state index is 12.8. The molecule has 0 radical (unpaired) electrons. The van der Waals surface area contributed by atoms with Gasteiger partial charge >= 0.3 is 0 Å². The van der Waals surface area contributed by atoms with Gasteiger partial charge in [0.15, 0.2) is 17.4 Å². The number of fused-ring (bicyclic) bond motifs is 1. The zero-order chi connectivity index (χ0) is 19.0. The van der Waals surface area contributed by atoms with Gasteiger partial charge in [0.05, 0.1) is 21.3 Å². The van der Waals surface area contributed by atoms with Crippen LogP contribution in [0.15, 0.2) is 53.1 Å². The van der Waals surface area contributed by atoms with E-state index in [0.29, 0.717) is 31.9 Å². The van der Waals surface area contributed by atoms with Crippen LogP contribution in [0.3, 0.4) is 0 Å². The predicted molar refractivity (Wildman–Crippen MR) is 104 cm³/mol. The van der Waals surface area contributed by atoms with E-state index in [0.717, 1.165) is 4.70 Å². The summed E-state index contributed by atoms with van der Waals surface area (Å²) in [4.78, 5) is 17.2. The lowest BCUT2D eigenvalue weighted by atomic mass is 10.0. The van der Waals surface area contributed by atoms with E-state index in [4.69, 9.17) is 27.7 Å². The molecular formula is C19H9Cl2N3O2S. The third kappa shape index (κ3) is 3.33. The molecule has 27 heavy (non-hydrogen) atoms. The molecule has 2 aromatic carbocycles. The summed E-state index contributed by atoms with van der Waals surface area (Å²) < 4.78 is 6.11. The first-order valence-corrected chi connectivity index (χ1v) is 9.35. The smallest absolute Gasteiger partial charge is 0.208 e. The monoisotopic (exact) mass is 413 g/mol. The Bertz CT molecular complexity index is 1210. The van der Waals surface area contributed by atoms with E-state index < -0.39 is 11.7 Å². The van der Waals surface area contributed by atoms with Crippen molar-refractivity contribution in [1.82, 2.24) is 10.1 Å². The van der Waals surface area contributed by atoms with E-state index in [9.17, 15) is 10.1 Å². The summed E-state index contributed by atoms with van der Waals surface area (Å²) in [5.74, 6) is -1.20. The van der Waals surface area contributed by atoms with Crippen molar-refractivity contribution in [1.29, 1.82) is 5.26 Å². The fourth-order valence-electron chi connectivity index (χ4n) is 2.60. The molecule has 2 aromatic heterocycles. The lowest BCUT2D eigenvalue weighted by Gasteiger charge is -2.00. The second-order valence-electron chi connectivity index (χ2n) is 5.65. The quantitative estimate of drug-likeness (QED) is 0.398. The largest absolute Gasteiger partial charge is 0.356 e. The summed E-state index contributed by atoms with van der Waals surface area (Å²) in [6.07, 6.45) is 0. The molecule has 0 saturated heterocycles. The minimum Gasteiger partial charge on any atom is -0.356 e. The molecule has 0 spiro atoms. The maximum absolute atomic E-state index is 12.8. The summed E-state index contributed by atoms with van der Waals surface area (Å²) in [7, 11) is 0. The van der Waals surface area contributed by atoms with Crippen LogP contribution in [0.25, 0.3) is 21.5 Å². The molecule has 0 aliphatic carbocycles. The molecule has 2 heterocycles. The van der Waals surface area contributed by atoms with Crippen molar-refractivity contribution >= 4 is 50.5 Å². The second kappa shape index (κ2) is 7.12. The summed E-state index contributed by atoms with van der Waals surface area (Å²) in [6, 6.07) is 15.8. The normalized spacial score (nSPS) is 12.0. The Kier molecular flexibility index (Phi) is 4.66. The molecule has 0 aliphatic heterocycles. The molecule has 0 bridgehead atoms. The molecule has 4 rings (SSSR count). The van der Waals surface area contributed by atoms with Crippen LogP contribution in [0.1, 0.15) is 21.4 Å². The van der Waals surface area contributed by atoms with Crippen molar-refractivity contribution in [2.75, 3.05) is 0 Å². The van der Waals surface area contributed by atoms with E-state index in [2.05, 4.69) is 10.1 Å². The van der Waals surface area contributed by atoms with Crippen LogP contribution in [-0.2, 0) is 0 Å². The van der Waals surface area contributed by atoms with Crippen LogP contribution in [0.2, 0.25) is 10.0 Å². The Morgan fingerprint density at radius 2 is 2.00 bits per heavy atom. The second-order valence-corrected chi connectivity index (χ2v) is 7.55. The van der Waals surface area contributed by atoms with Gasteiger partial charge in [0.2, 0.25) is 5.78 Å². The van der Waals surface area contributed by atoms with E-state index in [1.165, 1.54) is 17.4 Å². The van der Waals surface area contributed by atoms with Crippen molar-refractivity contribution in [3.8, 4) is 17.4 Å². The standard InChI is InChI=1S/C19H9Cl2N3O2S/c20-10-5-6-17-14(7-10)23-19(27-17)12(9-22)18(25)15-8-16(26-24-15)11-3-1-2-4-13(11)21/h1-8,12H. The van der Waals surface area contributed by atoms with Gasteiger partial charge < -0.3 is 4.52 Å². The first-order valence-electron chi connectivity index (χ1n) is 7.78. The average Bonchev–Trinajstić information content (AvgIpc) is 3.29. The van der Waals surface area contributed by atoms with E-state index in [-0.39, 0.29) is 5.69 Å². The van der Waals surface area contributed by atoms with Crippen LogP contribution in [0.4, 0.5) is 0 Å². The van der Waals surface area contributed by atoms with Crippen LogP contribution in [0.5, 0.6) is 0 Å². The van der Waals surface area contributed by atoms with E-state index in [1.807, 2.05) is 12.1 Å². The predicted octanol–water partition coefficient (Wildman–Crippen LogP) is 5.75. The molecule has 0 aliphatic rings. The van der Waals surface area contributed by atoms with Crippen molar-refractivity contribution < 1.29 is 9.32 Å². The van der Waals surface area contributed by atoms with Gasteiger partial charge in [-0.25, -0.2) is 4.98 Å². The summed E-state index contributed by atoms with van der Waals surface area (Å²) >= 11 is 13.4. The van der Waals surface area contributed by atoms with E-state index in [1.54, 1.807) is 36.4 Å². The average molecular weight is 414 g/mol. The number of nitriles is 1. The molecule has 1 atom stereocenters. The summed E-state index contributed by atoms with van der Waals surface area (Å²) in [5, 5.41) is 14.8. The Balaban J connectivity index is 1.68. The van der Waals surface area contributed by atoms with Crippen molar-refractivity contribution in [3.05, 3.63) is 69.3 Å². The Labute approximate surface area is 167 Å². The third-order valence-corrected chi connectivity index (χ3v) is 5.57. The number of benzene rings is 2. The number of hydrogen-bond acceptors (Lipinski definition) is 6. The SMILES string of the molecule is N#CC(C(=O)c1cc(-c2ccccc2Cl)on1)c1nc2cc(Cl)ccc2s1. The molecule has 0 saturated carbocycles. The Hall–Kier alpha value is -2.72. The fourth-order valence-corrected chi connectivity index (χ4v) is 3.98. The number of carbonyl (C=O) groups excluding carboxylic acids is 1. The first-order chi connectivity index (χ1) is 13.1. The van der Waals surface area contributed by atoms with Gasteiger partial charge in [-0.05, 0) is 30.3 Å². The number of aromatic nitrogens is 2. The minimum absolute atomic E-state index is 0.0498. The molecule has 0 amide bonds. The Morgan fingerprint density at radius 1 is 1.19 bits per heavy atom. The van der Waals surface area contributed by atoms with E-state index >= 15 is 0 Å². The number of thiazole rings is 1. The van der Waals surface area contributed by atoms with Crippen LogP contribution in [0, 0.1) is 11.3 Å². The number of Topliss-reactive ketones (excluding diaryl/α,β-unsaturated/α-hetero) is 1. The molecule has 1 unspecified atom stereocenters. The first kappa shape index (κ1) is 17.7. The van der Waals surface area contributed by atoms with Crippen molar-refractivity contribution in [2.45, 2.75) is 5.92 Å². The van der Waals surface area contributed by atoms with Gasteiger partial charge in [0.25, 0.3) is 0 Å². The number of nitrogens with zero attached hydrogens (tertiary/aromatic N) is 3. The summed E-state index contributed by atoms with van der Waals surface area (Å²) in [5.41, 5.74) is 1.31. The summed E-state index contributed by atoms with van der Waals surface area (Å²) in [6.45, 7) is 0. The maximum Gasteiger partial charge on any atom is 0.208 e. The van der Waals surface area contributed by atoms with Crippen molar-refractivity contribution in [3.63, 3.8) is 0 Å². The van der Waals surface area contributed by atoms with Crippen LogP contribution in [-0.4, -0.2) is 15.9 Å². The highest BCUT2D eigenvalue weighted by molar-refractivity contribution is 7.18. The molecular weight excluding hydrogens is 405 g/mol. The highest BCUT2D eigenvalue weighted by Crippen LogP contribution is 2.32. The highest BCUT2D eigenvalue weighted by atomic mass is 35.5. The zero-order valence-corrected chi connectivity index (χ0v) is 15.8. The van der Waals surface area contributed by atoms with Crippen LogP contribution >= 0.6 is 34.5 Å². The number of ketones is 1. The molecule has 5 nitrogen and oxygen atoms in total. The number of rotatable bonds is 4. The van der Waals surface area contributed by atoms with Gasteiger partial charge in [-0.2, -0.15) is 5.26 Å². The molecule has 132 valence electrons. The van der Waals surface area contributed by atoms with Gasteiger partial charge in [0.1, 0.15) is 5.01 Å². The van der Waals surface area contributed by atoms with Gasteiger partial charge in [-0.3, -0.25) is 4.79 Å². The third-order valence-electron chi connectivity index (χ3n) is 3.91. The zero-order valence-electron chi connectivity index (χ0n) is 13.5. The molecule has 4 aromatic rings. The lowest BCUT2D eigenvalue weighted by Crippen LogP contribution is -2.11. The van der Waals surface area contributed by atoms with Gasteiger partial charge in [-0.15, -0.1) is 11.3 Å². The molecule has 0 fully saturated rings. The van der Waals surface area contributed by atoms with Gasteiger partial charge in [0, 0.05) is 16.7 Å². The highest BCUT2D eigenvalue weighted by Gasteiger charge is 2.28. The lowest BCUT2D eigenvalue weighted by molar-refractivity contribution is 0.0970.